The van der Waals surface area contributed by atoms with Gasteiger partial charge in [0.25, 0.3) is 0 Å². The molecule has 0 bridgehead atoms. The van der Waals surface area contributed by atoms with Crippen molar-refractivity contribution in [2.45, 2.75) is 30.2 Å². The van der Waals surface area contributed by atoms with E-state index in [9.17, 15) is 8.78 Å². The predicted molar refractivity (Wildman–Crippen MR) is 76.1 cm³/mol. The summed E-state index contributed by atoms with van der Waals surface area (Å²) in [5.41, 5.74) is 0.933. The molecule has 0 aliphatic heterocycles. The van der Waals surface area contributed by atoms with Crippen LogP contribution in [0, 0.1) is 11.6 Å². The van der Waals surface area contributed by atoms with Gasteiger partial charge in [-0.2, -0.15) is 0 Å². The second-order valence-electron chi connectivity index (χ2n) is 4.07. The normalized spacial score (nSPS) is 10.6. The molecule has 0 aliphatic rings. The Morgan fingerprint density at radius 3 is 2.65 bits per heavy atom. The van der Waals surface area contributed by atoms with E-state index in [1.54, 1.807) is 0 Å². The first-order valence-corrected chi connectivity index (χ1v) is 7.18. The first-order valence-electron chi connectivity index (χ1n) is 6.36. The molecular weight excluding hydrogens is 280 g/mol. The van der Waals surface area contributed by atoms with Crippen molar-refractivity contribution in [3.63, 3.8) is 0 Å². The Labute approximate surface area is 120 Å². The maximum atomic E-state index is 13.7. The van der Waals surface area contributed by atoms with Gasteiger partial charge < -0.3 is 5.32 Å². The molecule has 1 aromatic heterocycles. The lowest BCUT2D eigenvalue weighted by Gasteiger charge is -2.12. The summed E-state index contributed by atoms with van der Waals surface area (Å²) in [5.74, 6) is -0.408. The zero-order chi connectivity index (χ0) is 14.5. The molecule has 0 atom stereocenters. The molecule has 0 radical (unpaired) electrons. The lowest BCUT2D eigenvalue weighted by atomic mass is 10.2. The summed E-state index contributed by atoms with van der Waals surface area (Å²) in [7, 11) is 0. The van der Waals surface area contributed by atoms with E-state index in [0.29, 0.717) is 9.92 Å². The molecule has 0 amide bonds. The number of hydrogen-bond donors (Lipinski definition) is 1. The van der Waals surface area contributed by atoms with Crippen LogP contribution in [0.1, 0.15) is 19.4 Å². The average Bonchev–Trinajstić information content (AvgIpc) is 2.42. The molecule has 106 valence electrons. The van der Waals surface area contributed by atoms with E-state index in [1.165, 1.54) is 30.2 Å². The smallest absolute Gasteiger partial charge is 0.140 e. The van der Waals surface area contributed by atoms with E-state index in [4.69, 9.17) is 0 Å². The maximum Gasteiger partial charge on any atom is 0.140 e. The van der Waals surface area contributed by atoms with Gasteiger partial charge in [0.1, 0.15) is 28.8 Å². The van der Waals surface area contributed by atoms with Crippen LogP contribution in [-0.2, 0) is 6.42 Å². The Morgan fingerprint density at radius 1 is 1.20 bits per heavy atom. The van der Waals surface area contributed by atoms with Crippen molar-refractivity contribution < 1.29 is 8.78 Å². The van der Waals surface area contributed by atoms with Gasteiger partial charge in [-0.05, 0) is 25.5 Å². The number of benzene rings is 1. The van der Waals surface area contributed by atoms with Crippen LogP contribution in [0.15, 0.2) is 34.4 Å². The van der Waals surface area contributed by atoms with Crippen LogP contribution < -0.4 is 5.32 Å². The zero-order valence-corrected chi connectivity index (χ0v) is 12.1. The molecule has 6 heteroatoms. The number of rotatable bonds is 5. The number of halogens is 2. The summed E-state index contributed by atoms with van der Waals surface area (Å²) in [6.07, 6.45) is 2.18. The van der Waals surface area contributed by atoms with Gasteiger partial charge in [-0.1, -0.05) is 18.7 Å². The number of hydrogen-bond acceptors (Lipinski definition) is 4. The minimum atomic E-state index is -0.585. The van der Waals surface area contributed by atoms with E-state index in [-0.39, 0.29) is 0 Å². The van der Waals surface area contributed by atoms with Gasteiger partial charge >= 0.3 is 0 Å². The lowest BCUT2D eigenvalue weighted by Crippen LogP contribution is -2.05. The van der Waals surface area contributed by atoms with Gasteiger partial charge in [-0.15, -0.1) is 0 Å². The number of anilines is 1. The fourth-order valence-corrected chi connectivity index (χ4v) is 2.75. The highest BCUT2D eigenvalue weighted by molar-refractivity contribution is 7.99. The maximum absolute atomic E-state index is 13.7. The molecule has 2 aromatic rings. The summed E-state index contributed by atoms with van der Waals surface area (Å²) in [5, 5.41) is 3.84. The molecule has 2 rings (SSSR count). The molecule has 3 nitrogen and oxygen atoms in total. The fraction of sp³-hybridized carbons (Fsp3) is 0.286. The highest BCUT2D eigenvalue weighted by Gasteiger charge is 2.13. The van der Waals surface area contributed by atoms with Crippen LogP contribution in [-0.4, -0.2) is 16.5 Å². The minimum Gasteiger partial charge on any atom is -0.370 e. The average molecular weight is 295 g/mol. The standard InChI is InChI=1S/C14H15F2N3S/c1-3-10-13(17-4-2)18-8-19-14(10)20-12-6-5-9(15)7-11(12)16/h5-8H,3-4H2,1-2H3,(H,17,18,19). The van der Waals surface area contributed by atoms with E-state index in [1.807, 2.05) is 13.8 Å². The molecule has 0 unspecified atom stereocenters. The molecule has 1 heterocycles. The molecule has 0 saturated carbocycles. The van der Waals surface area contributed by atoms with Crippen molar-refractivity contribution in [1.29, 1.82) is 0 Å². The zero-order valence-electron chi connectivity index (χ0n) is 11.3. The number of nitrogens with one attached hydrogen (secondary N) is 1. The van der Waals surface area contributed by atoms with Gasteiger partial charge in [-0.25, -0.2) is 18.7 Å². The Hall–Kier alpha value is -1.69. The Morgan fingerprint density at radius 2 is 2.00 bits per heavy atom. The van der Waals surface area contributed by atoms with Crippen LogP contribution >= 0.6 is 11.8 Å². The van der Waals surface area contributed by atoms with Crippen LogP contribution in [0.4, 0.5) is 14.6 Å². The van der Waals surface area contributed by atoms with Crippen molar-refractivity contribution in [2.24, 2.45) is 0 Å². The number of aromatic nitrogens is 2. The highest BCUT2D eigenvalue weighted by Crippen LogP contribution is 2.33. The third kappa shape index (κ3) is 3.25. The van der Waals surface area contributed by atoms with Crippen molar-refractivity contribution in [3.05, 3.63) is 41.7 Å². The van der Waals surface area contributed by atoms with E-state index >= 15 is 0 Å². The Kier molecular flexibility index (Phi) is 4.89. The Bertz CT molecular complexity index is 605. The first kappa shape index (κ1) is 14.7. The molecule has 0 spiro atoms. The second-order valence-corrected chi connectivity index (χ2v) is 5.10. The third-order valence-corrected chi connectivity index (χ3v) is 3.80. The minimum absolute atomic E-state index is 0.349. The van der Waals surface area contributed by atoms with Crippen molar-refractivity contribution in [1.82, 2.24) is 9.97 Å². The molecule has 0 saturated heterocycles. The molecule has 20 heavy (non-hydrogen) atoms. The largest absolute Gasteiger partial charge is 0.370 e. The van der Waals surface area contributed by atoms with Crippen molar-refractivity contribution >= 4 is 17.6 Å². The summed E-state index contributed by atoms with van der Waals surface area (Å²) >= 11 is 1.18. The molecule has 1 N–H and O–H groups in total. The van der Waals surface area contributed by atoms with Gasteiger partial charge in [-0.3, -0.25) is 0 Å². The predicted octanol–water partition coefficient (Wildman–Crippen LogP) is 3.90. The summed E-state index contributed by atoms with van der Waals surface area (Å²) in [4.78, 5) is 8.74. The summed E-state index contributed by atoms with van der Waals surface area (Å²) < 4.78 is 26.6. The van der Waals surface area contributed by atoms with Crippen molar-refractivity contribution in [2.75, 3.05) is 11.9 Å². The van der Waals surface area contributed by atoms with Gasteiger partial charge in [0, 0.05) is 23.1 Å². The molecule has 0 fully saturated rings. The monoisotopic (exact) mass is 295 g/mol. The second kappa shape index (κ2) is 6.65. The molecule has 0 aliphatic carbocycles. The quantitative estimate of drug-likeness (QED) is 0.849. The van der Waals surface area contributed by atoms with Crippen LogP contribution in [0.2, 0.25) is 0 Å². The number of nitrogens with zero attached hydrogens (tertiary/aromatic N) is 2. The van der Waals surface area contributed by atoms with Crippen molar-refractivity contribution in [3.8, 4) is 0 Å². The summed E-state index contributed by atoms with van der Waals surface area (Å²) in [6.45, 7) is 4.72. The van der Waals surface area contributed by atoms with Crippen LogP contribution in [0.5, 0.6) is 0 Å². The molecular formula is C14H15F2N3S. The van der Waals surface area contributed by atoms with E-state index < -0.39 is 11.6 Å². The molecule has 1 aromatic carbocycles. The van der Waals surface area contributed by atoms with Gasteiger partial charge in [0.2, 0.25) is 0 Å². The topological polar surface area (TPSA) is 37.8 Å². The summed E-state index contributed by atoms with van der Waals surface area (Å²) in [6, 6.07) is 3.54. The third-order valence-electron chi connectivity index (χ3n) is 2.70. The van der Waals surface area contributed by atoms with E-state index in [0.717, 1.165) is 30.4 Å². The lowest BCUT2D eigenvalue weighted by molar-refractivity contribution is 0.565. The fourth-order valence-electron chi connectivity index (χ4n) is 1.78. The SMILES string of the molecule is CCNc1ncnc(Sc2ccc(F)cc2F)c1CC. The first-order chi connectivity index (χ1) is 9.65. The van der Waals surface area contributed by atoms with Crippen LogP contribution in [0.3, 0.4) is 0 Å². The van der Waals surface area contributed by atoms with Crippen LogP contribution in [0.25, 0.3) is 0 Å². The Balaban J connectivity index is 2.35. The highest BCUT2D eigenvalue weighted by atomic mass is 32.2. The van der Waals surface area contributed by atoms with Gasteiger partial charge in [0.05, 0.1) is 0 Å². The van der Waals surface area contributed by atoms with E-state index in [2.05, 4.69) is 15.3 Å². The van der Waals surface area contributed by atoms with Gasteiger partial charge in [0.15, 0.2) is 0 Å².